The van der Waals surface area contributed by atoms with Crippen LogP contribution in [0.1, 0.15) is 57.9 Å². The van der Waals surface area contributed by atoms with Crippen LogP contribution in [-0.4, -0.2) is 38.7 Å². The number of benzene rings is 1. The van der Waals surface area contributed by atoms with Crippen LogP contribution < -0.4 is 5.56 Å². The van der Waals surface area contributed by atoms with Crippen molar-refractivity contribution in [3.8, 4) is 0 Å². The summed E-state index contributed by atoms with van der Waals surface area (Å²) in [7, 11) is 0. The lowest BCUT2D eigenvalue weighted by Crippen LogP contribution is -2.40. The summed E-state index contributed by atoms with van der Waals surface area (Å²) in [6.07, 6.45) is 7.71. The zero-order valence-corrected chi connectivity index (χ0v) is 16.7. The van der Waals surface area contributed by atoms with E-state index in [2.05, 4.69) is 0 Å². The van der Waals surface area contributed by atoms with Crippen LogP contribution in [-0.2, 0) is 4.79 Å². The minimum Gasteiger partial charge on any atom is -0.342 e. The van der Waals surface area contributed by atoms with Crippen molar-refractivity contribution in [2.75, 3.05) is 13.1 Å². The van der Waals surface area contributed by atoms with Gasteiger partial charge in [0.1, 0.15) is 0 Å². The minimum absolute atomic E-state index is 0.0348. The fourth-order valence-electron chi connectivity index (χ4n) is 4.27. The SMILES string of the molecule is C[C@H](Sc1nc2ccccc2c(=O)n1C1CCCC1)C(=O)N1CCCCC1. The molecule has 1 aliphatic heterocycles. The fourth-order valence-corrected chi connectivity index (χ4v) is 5.34. The number of fused-ring (bicyclic) bond motifs is 1. The number of nitrogens with zero attached hydrogens (tertiary/aromatic N) is 3. The van der Waals surface area contributed by atoms with Crippen LogP contribution in [0, 0.1) is 0 Å². The van der Waals surface area contributed by atoms with Crippen LogP contribution in [0.25, 0.3) is 10.9 Å². The standard InChI is InChI=1S/C21H27N3O2S/c1-15(19(25)23-13-7-2-8-14-23)27-21-22-18-12-6-5-11-17(18)20(26)24(21)16-9-3-4-10-16/h5-6,11-12,15-16H,2-4,7-10,13-14H2,1H3/t15-/m0/s1. The molecule has 0 N–H and O–H groups in total. The van der Waals surface area contributed by atoms with Crippen LogP contribution in [0.3, 0.4) is 0 Å². The first-order valence-corrected chi connectivity index (χ1v) is 11.0. The number of aromatic nitrogens is 2. The first-order chi connectivity index (χ1) is 13.1. The van der Waals surface area contributed by atoms with Crippen LogP contribution in [0.2, 0.25) is 0 Å². The number of piperidine rings is 1. The largest absolute Gasteiger partial charge is 0.342 e. The highest BCUT2D eigenvalue weighted by Gasteiger charge is 2.28. The van der Waals surface area contributed by atoms with Gasteiger partial charge in [-0.25, -0.2) is 4.98 Å². The molecule has 2 heterocycles. The summed E-state index contributed by atoms with van der Waals surface area (Å²) >= 11 is 1.45. The number of carbonyl (C=O) groups is 1. The van der Waals surface area contributed by atoms with Crippen molar-refractivity contribution >= 4 is 28.6 Å². The Kier molecular flexibility index (Phi) is 5.53. The molecule has 1 atom stereocenters. The van der Waals surface area contributed by atoms with Gasteiger partial charge in [-0.05, 0) is 51.2 Å². The zero-order valence-electron chi connectivity index (χ0n) is 15.9. The molecule has 0 radical (unpaired) electrons. The maximum atomic E-state index is 13.2. The van der Waals surface area contributed by atoms with Crippen LogP contribution in [0.5, 0.6) is 0 Å². The molecule has 4 rings (SSSR count). The molecule has 1 saturated heterocycles. The highest BCUT2D eigenvalue weighted by Crippen LogP contribution is 2.33. The Balaban J connectivity index is 1.68. The number of hydrogen-bond donors (Lipinski definition) is 0. The Hall–Kier alpha value is -1.82. The highest BCUT2D eigenvalue weighted by atomic mass is 32.2. The van der Waals surface area contributed by atoms with Gasteiger partial charge in [-0.2, -0.15) is 0 Å². The minimum atomic E-state index is -0.233. The molecule has 1 aromatic heterocycles. The lowest BCUT2D eigenvalue weighted by atomic mass is 10.1. The Morgan fingerprint density at radius 3 is 2.56 bits per heavy atom. The quantitative estimate of drug-likeness (QED) is 0.589. The molecule has 0 spiro atoms. The van der Waals surface area contributed by atoms with E-state index < -0.39 is 0 Å². The van der Waals surface area contributed by atoms with Gasteiger partial charge in [0, 0.05) is 19.1 Å². The lowest BCUT2D eigenvalue weighted by molar-refractivity contribution is -0.131. The van der Waals surface area contributed by atoms with E-state index in [1.807, 2.05) is 40.7 Å². The summed E-state index contributed by atoms with van der Waals surface area (Å²) in [5.41, 5.74) is 0.754. The Bertz CT molecular complexity index is 883. The van der Waals surface area contributed by atoms with Gasteiger partial charge >= 0.3 is 0 Å². The molecule has 2 aromatic rings. The molecule has 144 valence electrons. The number of hydrogen-bond acceptors (Lipinski definition) is 4. The third kappa shape index (κ3) is 3.77. The summed E-state index contributed by atoms with van der Waals surface area (Å²) in [4.78, 5) is 32.9. The van der Waals surface area contributed by atoms with E-state index in [1.165, 1.54) is 18.2 Å². The van der Waals surface area contributed by atoms with Gasteiger partial charge in [-0.15, -0.1) is 0 Å². The zero-order chi connectivity index (χ0) is 18.8. The molecule has 0 unspecified atom stereocenters. The van der Waals surface area contributed by atoms with E-state index in [0.29, 0.717) is 10.5 Å². The van der Waals surface area contributed by atoms with E-state index in [1.54, 1.807) is 0 Å². The van der Waals surface area contributed by atoms with Crippen LogP contribution >= 0.6 is 11.8 Å². The summed E-state index contributed by atoms with van der Waals surface area (Å²) in [6.45, 7) is 3.65. The first kappa shape index (κ1) is 18.5. The second kappa shape index (κ2) is 8.05. The molecular weight excluding hydrogens is 358 g/mol. The molecule has 1 amide bonds. The van der Waals surface area contributed by atoms with E-state index in [9.17, 15) is 9.59 Å². The number of amides is 1. The monoisotopic (exact) mass is 385 g/mol. The predicted molar refractivity (Wildman–Crippen MR) is 109 cm³/mol. The summed E-state index contributed by atoms with van der Waals surface area (Å²) in [5.74, 6) is 0.167. The van der Waals surface area contributed by atoms with E-state index in [4.69, 9.17) is 4.98 Å². The van der Waals surface area contributed by atoms with Crippen molar-refractivity contribution in [1.82, 2.24) is 14.5 Å². The second-order valence-corrected chi connectivity index (χ2v) is 8.98. The summed E-state index contributed by atoms with van der Waals surface area (Å²) in [6, 6.07) is 7.74. The third-order valence-corrected chi connectivity index (χ3v) is 6.82. The van der Waals surface area contributed by atoms with Gasteiger partial charge in [-0.1, -0.05) is 36.7 Å². The second-order valence-electron chi connectivity index (χ2n) is 7.67. The molecule has 27 heavy (non-hydrogen) atoms. The fraction of sp³-hybridized carbons (Fsp3) is 0.571. The Morgan fingerprint density at radius 1 is 1.11 bits per heavy atom. The Morgan fingerprint density at radius 2 is 1.81 bits per heavy atom. The molecule has 0 bridgehead atoms. The predicted octanol–water partition coefficient (Wildman–Crippen LogP) is 4.00. The third-order valence-electron chi connectivity index (χ3n) is 5.76. The van der Waals surface area contributed by atoms with Crippen LogP contribution in [0.15, 0.2) is 34.2 Å². The van der Waals surface area contributed by atoms with Crippen molar-refractivity contribution < 1.29 is 4.79 Å². The van der Waals surface area contributed by atoms with E-state index in [-0.39, 0.29) is 22.8 Å². The highest BCUT2D eigenvalue weighted by molar-refractivity contribution is 8.00. The molecule has 1 aliphatic carbocycles. The van der Waals surface area contributed by atoms with E-state index >= 15 is 0 Å². The average molecular weight is 386 g/mol. The molecular formula is C21H27N3O2S. The van der Waals surface area contributed by atoms with Crippen molar-refractivity contribution in [1.29, 1.82) is 0 Å². The molecule has 6 heteroatoms. The molecule has 2 fully saturated rings. The van der Waals surface area contributed by atoms with E-state index in [0.717, 1.165) is 57.1 Å². The lowest BCUT2D eigenvalue weighted by Gasteiger charge is -2.29. The number of likely N-dealkylation sites (tertiary alicyclic amines) is 1. The smallest absolute Gasteiger partial charge is 0.262 e. The van der Waals surface area contributed by atoms with Crippen LogP contribution in [0.4, 0.5) is 0 Å². The van der Waals surface area contributed by atoms with Gasteiger partial charge in [0.15, 0.2) is 5.16 Å². The Labute approximate surface area is 164 Å². The van der Waals surface area contributed by atoms with Gasteiger partial charge < -0.3 is 4.90 Å². The average Bonchev–Trinajstić information content (AvgIpc) is 3.22. The van der Waals surface area contributed by atoms with Crippen molar-refractivity contribution in [2.24, 2.45) is 0 Å². The molecule has 2 aliphatic rings. The number of thioether (sulfide) groups is 1. The maximum absolute atomic E-state index is 13.2. The number of rotatable bonds is 4. The normalized spacial score (nSPS) is 19.5. The maximum Gasteiger partial charge on any atom is 0.262 e. The topological polar surface area (TPSA) is 55.2 Å². The number of para-hydroxylation sites is 1. The van der Waals surface area contributed by atoms with Crippen molar-refractivity contribution in [3.05, 3.63) is 34.6 Å². The molecule has 1 aromatic carbocycles. The summed E-state index contributed by atoms with van der Waals surface area (Å²) in [5, 5.41) is 1.14. The number of carbonyl (C=O) groups excluding carboxylic acids is 1. The summed E-state index contributed by atoms with van der Waals surface area (Å²) < 4.78 is 1.87. The first-order valence-electron chi connectivity index (χ1n) is 10.1. The van der Waals surface area contributed by atoms with Crippen molar-refractivity contribution in [2.45, 2.75) is 68.3 Å². The van der Waals surface area contributed by atoms with Gasteiger partial charge in [0.2, 0.25) is 5.91 Å². The van der Waals surface area contributed by atoms with Gasteiger partial charge in [0.05, 0.1) is 16.2 Å². The van der Waals surface area contributed by atoms with Crippen molar-refractivity contribution in [3.63, 3.8) is 0 Å². The van der Waals surface area contributed by atoms with Gasteiger partial charge in [-0.3, -0.25) is 14.2 Å². The van der Waals surface area contributed by atoms with Gasteiger partial charge in [0.25, 0.3) is 5.56 Å². The molecule has 5 nitrogen and oxygen atoms in total. The molecule has 1 saturated carbocycles.